The fourth-order valence-electron chi connectivity index (χ4n) is 2.05. The molecule has 2 aromatic heterocycles. The number of nitrogens with two attached hydrogens (primary N) is 1. The normalized spacial score (nSPS) is 11.5. The maximum Gasteiger partial charge on any atom is 0.315 e. The van der Waals surface area contributed by atoms with Crippen LogP contribution in [0.3, 0.4) is 0 Å². The molecule has 11 heteroatoms. The molecule has 25 heavy (non-hydrogen) atoms. The van der Waals surface area contributed by atoms with Gasteiger partial charge in [-0.15, -0.1) is 10.2 Å². The van der Waals surface area contributed by atoms with Gasteiger partial charge in [0.1, 0.15) is 5.02 Å². The van der Waals surface area contributed by atoms with Gasteiger partial charge in [-0.1, -0.05) is 46.4 Å². The first kappa shape index (κ1) is 17.8. The van der Waals surface area contributed by atoms with Gasteiger partial charge in [-0.2, -0.15) is 0 Å². The number of benzene rings is 1. The number of nitrogens with zero attached hydrogens (tertiary/aromatic N) is 3. The van der Waals surface area contributed by atoms with E-state index < -0.39 is 5.91 Å². The molecule has 0 bridgehead atoms. The maximum absolute atomic E-state index is 12.2. The number of anilines is 1. The quantitative estimate of drug-likeness (QED) is 0.382. The van der Waals surface area contributed by atoms with Gasteiger partial charge >= 0.3 is 5.91 Å². The first-order chi connectivity index (χ1) is 11.8. The van der Waals surface area contributed by atoms with Crippen LogP contribution in [0.5, 0.6) is 5.88 Å². The lowest BCUT2D eigenvalue weighted by Gasteiger charge is -2.05. The number of pyridine rings is 1. The number of aromatic nitrogens is 2. The lowest BCUT2D eigenvalue weighted by molar-refractivity contribution is 0.0990. The number of aromatic amines is 1. The Labute approximate surface area is 160 Å². The van der Waals surface area contributed by atoms with Crippen LogP contribution in [0.25, 0.3) is 10.9 Å². The number of azo groups is 1. The zero-order valence-electron chi connectivity index (χ0n) is 12.0. The van der Waals surface area contributed by atoms with E-state index in [1.807, 2.05) is 0 Å². The van der Waals surface area contributed by atoms with E-state index in [-0.39, 0.29) is 38.1 Å². The zero-order chi connectivity index (χ0) is 18.3. The van der Waals surface area contributed by atoms with Crippen molar-refractivity contribution in [2.24, 2.45) is 10.2 Å². The summed E-state index contributed by atoms with van der Waals surface area (Å²) < 4.78 is 0. The van der Waals surface area contributed by atoms with Gasteiger partial charge in [0.25, 0.3) is 0 Å². The first-order valence-corrected chi connectivity index (χ1v) is 8.07. The number of nitrogen functional groups attached to an aromatic ring is 1. The van der Waals surface area contributed by atoms with E-state index >= 15 is 0 Å². The van der Waals surface area contributed by atoms with Crippen molar-refractivity contribution in [1.82, 2.24) is 9.97 Å². The molecule has 0 unspecified atom stereocenters. The monoisotopic (exact) mass is 417 g/mol. The van der Waals surface area contributed by atoms with Crippen LogP contribution in [-0.2, 0) is 0 Å². The predicted molar refractivity (Wildman–Crippen MR) is 97.5 cm³/mol. The lowest BCUT2D eigenvalue weighted by Crippen LogP contribution is -2.03. The van der Waals surface area contributed by atoms with Gasteiger partial charge in [0, 0.05) is 10.4 Å². The zero-order valence-corrected chi connectivity index (χ0v) is 15.0. The standard InChI is InChI=1S/C14H7Cl4N5O2/c15-4-1-2-6-5(3-4)10(13(24)20-6)22-23-14(25)11-7(16)9(19)8(17)12(18)21-11/h1-3,20,24H,(H2,19,21). The summed E-state index contributed by atoms with van der Waals surface area (Å²) >= 11 is 23.5. The van der Waals surface area contributed by atoms with E-state index in [0.29, 0.717) is 15.9 Å². The number of rotatable bonds is 2. The van der Waals surface area contributed by atoms with Crippen LogP contribution in [-0.4, -0.2) is 21.0 Å². The van der Waals surface area contributed by atoms with Crippen molar-refractivity contribution < 1.29 is 9.90 Å². The molecule has 1 aromatic carbocycles. The summed E-state index contributed by atoms with van der Waals surface area (Å²) in [6.45, 7) is 0. The number of hydrogen-bond acceptors (Lipinski definition) is 5. The highest BCUT2D eigenvalue weighted by molar-refractivity contribution is 6.46. The number of carbonyl (C=O) groups is 1. The molecule has 4 N–H and O–H groups in total. The molecular formula is C14H7Cl4N5O2. The highest BCUT2D eigenvalue weighted by atomic mass is 35.5. The Hall–Kier alpha value is -2.06. The van der Waals surface area contributed by atoms with Crippen LogP contribution in [0, 0.1) is 0 Å². The SMILES string of the molecule is Nc1c(Cl)c(Cl)nc(C(=O)N=Nc2c(O)[nH]c3ccc(Cl)cc23)c1Cl. The highest BCUT2D eigenvalue weighted by Crippen LogP contribution is 2.38. The molecule has 0 saturated carbocycles. The molecule has 3 rings (SSSR count). The van der Waals surface area contributed by atoms with E-state index in [4.69, 9.17) is 52.1 Å². The number of amides is 1. The number of nitrogens with one attached hydrogen (secondary N) is 1. The highest BCUT2D eigenvalue weighted by Gasteiger charge is 2.20. The first-order valence-electron chi connectivity index (χ1n) is 6.55. The minimum atomic E-state index is -0.911. The second kappa shape index (κ2) is 6.68. The lowest BCUT2D eigenvalue weighted by atomic mass is 10.2. The van der Waals surface area contributed by atoms with Crippen LogP contribution >= 0.6 is 46.4 Å². The van der Waals surface area contributed by atoms with Crippen molar-refractivity contribution in [3.05, 3.63) is 44.1 Å². The van der Waals surface area contributed by atoms with E-state index in [1.165, 1.54) is 0 Å². The summed E-state index contributed by atoms with van der Waals surface area (Å²) in [5.74, 6) is -1.19. The summed E-state index contributed by atoms with van der Waals surface area (Å²) in [7, 11) is 0. The van der Waals surface area contributed by atoms with E-state index in [0.717, 1.165) is 0 Å². The third kappa shape index (κ3) is 3.23. The van der Waals surface area contributed by atoms with Crippen molar-refractivity contribution in [3.8, 4) is 5.88 Å². The average Bonchev–Trinajstić information content (AvgIpc) is 2.88. The Morgan fingerprint density at radius 2 is 1.92 bits per heavy atom. The molecule has 0 radical (unpaired) electrons. The molecule has 7 nitrogen and oxygen atoms in total. The summed E-state index contributed by atoms with van der Waals surface area (Å²) in [6, 6.07) is 4.85. The van der Waals surface area contributed by atoms with Gasteiger partial charge in [0.15, 0.2) is 16.5 Å². The second-order valence-corrected chi connectivity index (χ2v) is 6.36. The summed E-state index contributed by atoms with van der Waals surface area (Å²) in [5.41, 5.74) is 5.86. The third-order valence-electron chi connectivity index (χ3n) is 3.23. The van der Waals surface area contributed by atoms with E-state index in [1.54, 1.807) is 18.2 Å². The maximum atomic E-state index is 12.2. The predicted octanol–water partition coefficient (Wildman–Crippen LogP) is 5.39. The molecule has 0 aliphatic carbocycles. The fourth-order valence-corrected chi connectivity index (χ4v) is 2.81. The molecule has 3 aromatic rings. The Balaban J connectivity index is 2.02. The van der Waals surface area contributed by atoms with Crippen LogP contribution in [0.4, 0.5) is 11.4 Å². The van der Waals surface area contributed by atoms with Crippen LogP contribution in [0.15, 0.2) is 28.4 Å². The molecule has 0 atom stereocenters. The minimum Gasteiger partial charge on any atom is -0.493 e. The molecule has 0 aliphatic rings. The average molecular weight is 419 g/mol. The Bertz CT molecular complexity index is 1050. The largest absolute Gasteiger partial charge is 0.493 e. The molecule has 0 aliphatic heterocycles. The summed E-state index contributed by atoms with van der Waals surface area (Å²) in [6.07, 6.45) is 0. The molecule has 0 fully saturated rings. The van der Waals surface area contributed by atoms with Crippen LogP contribution in [0.1, 0.15) is 10.5 Å². The van der Waals surface area contributed by atoms with Gasteiger partial charge in [-0.3, -0.25) is 4.79 Å². The van der Waals surface area contributed by atoms with Gasteiger partial charge in [-0.05, 0) is 18.2 Å². The summed E-state index contributed by atoms with van der Waals surface area (Å²) in [5, 5.41) is 17.6. The number of hydrogen-bond donors (Lipinski definition) is 3. The molecule has 128 valence electrons. The Kier molecular flexibility index (Phi) is 4.75. The molecule has 2 heterocycles. The van der Waals surface area contributed by atoms with Crippen LogP contribution < -0.4 is 5.73 Å². The number of aromatic hydroxyl groups is 1. The Morgan fingerprint density at radius 3 is 2.64 bits per heavy atom. The van der Waals surface area contributed by atoms with Crippen molar-refractivity contribution in [2.45, 2.75) is 0 Å². The smallest absolute Gasteiger partial charge is 0.315 e. The van der Waals surface area contributed by atoms with Crippen molar-refractivity contribution in [3.63, 3.8) is 0 Å². The third-order valence-corrected chi connectivity index (χ3v) is 4.60. The molecule has 1 amide bonds. The number of carbonyl (C=O) groups excluding carboxylic acids is 1. The van der Waals surface area contributed by atoms with Crippen molar-refractivity contribution in [2.75, 3.05) is 5.73 Å². The van der Waals surface area contributed by atoms with E-state index in [9.17, 15) is 9.90 Å². The molecule has 0 spiro atoms. The number of fused-ring (bicyclic) bond motifs is 1. The minimum absolute atomic E-state index is 0.0370. The topological polar surface area (TPSA) is 117 Å². The Morgan fingerprint density at radius 1 is 1.20 bits per heavy atom. The molecule has 0 saturated heterocycles. The molecular weight excluding hydrogens is 412 g/mol. The van der Waals surface area contributed by atoms with Crippen LogP contribution in [0.2, 0.25) is 20.2 Å². The number of H-pyrrole nitrogens is 1. The summed E-state index contributed by atoms with van der Waals surface area (Å²) in [4.78, 5) is 18.7. The van der Waals surface area contributed by atoms with E-state index in [2.05, 4.69) is 20.2 Å². The fraction of sp³-hybridized carbons (Fsp3) is 0. The van der Waals surface area contributed by atoms with Gasteiger partial charge in [0.2, 0.25) is 5.88 Å². The van der Waals surface area contributed by atoms with Gasteiger partial charge < -0.3 is 15.8 Å². The van der Waals surface area contributed by atoms with Gasteiger partial charge in [0.05, 0.1) is 16.2 Å². The van der Waals surface area contributed by atoms with Gasteiger partial charge in [-0.25, -0.2) is 4.98 Å². The number of halogens is 4. The van der Waals surface area contributed by atoms with Crippen molar-refractivity contribution >= 4 is 74.6 Å². The second-order valence-electron chi connectivity index (χ2n) is 4.81. The van der Waals surface area contributed by atoms with Crippen molar-refractivity contribution in [1.29, 1.82) is 0 Å².